The van der Waals surface area contributed by atoms with Gasteiger partial charge in [0, 0.05) is 10.9 Å². The molecule has 11 nitrogen and oxygen atoms in total. The minimum Gasteiger partial charge on any atom is -0.422 e. The van der Waals surface area contributed by atoms with Crippen LogP contribution in [0.5, 0.6) is 0 Å². The van der Waals surface area contributed by atoms with E-state index in [0.29, 0.717) is 17.1 Å². The molecule has 3 aromatic heterocycles. The molecular weight excluding hydrogens is 481 g/mol. The summed E-state index contributed by atoms with van der Waals surface area (Å²) in [6.45, 7) is 0. The number of fused-ring (bicyclic) bond motifs is 1. The molecule has 0 radical (unpaired) electrons. The van der Waals surface area contributed by atoms with E-state index < -0.39 is 30.4 Å². The van der Waals surface area contributed by atoms with Crippen LogP contribution in [-0.4, -0.2) is 52.1 Å². The molecule has 35 heavy (non-hydrogen) atoms. The average molecular weight is 502 g/mol. The second-order valence-electron chi connectivity index (χ2n) is 8.68. The number of nitrogens with one attached hydrogen (secondary N) is 1. The lowest BCUT2D eigenvalue weighted by molar-refractivity contribution is -0.0440. The molecule has 4 heterocycles. The van der Waals surface area contributed by atoms with E-state index in [-0.39, 0.29) is 28.3 Å². The minimum atomic E-state index is -1.32. The van der Waals surface area contributed by atoms with E-state index in [1.54, 1.807) is 6.07 Å². The number of halogens is 2. The Morgan fingerprint density at radius 2 is 1.86 bits per heavy atom. The molecule has 182 valence electrons. The van der Waals surface area contributed by atoms with Gasteiger partial charge in [0.25, 0.3) is 0 Å². The number of anilines is 2. The Morgan fingerprint density at radius 3 is 2.66 bits per heavy atom. The van der Waals surface area contributed by atoms with Crippen molar-refractivity contribution in [1.29, 1.82) is 0 Å². The van der Waals surface area contributed by atoms with E-state index in [2.05, 4.69) is 30.5 Å². The summed E-state index contributed by atoms with van der Waals surface area (Å²) in [5.41, 5.74) is 0.786. The Bertz CT molecular complexity index is 1380. The number of nitrogens with zero attached hydrogens (tertiary/aromatic N) is 6. The van der Waals surface area contributed by atoms with Gasteiger partial charge < -0.3 is 24.7 Å². The van der Waals surface area contributed by atoms with Crippen LogP contribution in [0.2, 0.25) is 5.02 Å². The summed E-state index contributed by atoms with van der Waals surface area (Å²) < 4.78 is 27.5. The predicted octanol–water partition coefficient (Wildman–Crippen LogP) is 3.39. The number of rotatable bonds is 5. The summed E-state index contributed by atoms with van der Waals surface area (Å²) in [6, 6.07) is 4.21. The quantitative estimate of drug-likeness (QED) is 0.372. The monoisotopic (exact) mass is 501 g/mol. The fourth-order valence-electron chi connectivity index (χ4n) is 4.64. The maximum atomic E-state index is 14.3. The fourth-order valence-corrected chi connectivity index (χ4v) is 4.80. The van der Waals surface area contributed by atoms with Gasteiger partial charge in [0.2, 0.25) is 11.8 Å². The molecule has 6 rings (SSSR count). The number of ether oxygens (including phenoxy) is 1. The van der Waals surface area contributed by atoms with Crippen LogP contribution >= 0.6 is 11.6 Å². The van der Waals surface area contributed by atoms with Crippen molar-refractivity contribution >= 4 is 34.3 Å². The lowest BCUT2D eigenvalue weighted by Gasteiger charge is -2.16. The lowest BCUT2D eigenvalue weighted by Crippen LogP contribution is -2.29. The van der Waals surface area contributed by atoms with Crippen LogP contribution in [0, 0.1) is 5.82 Å². The Hall–Kier alpha value is -3.19. The molecule has 2 aliphatic rings. The van der Waals surface area contributed by atoms with Crippen LogP contribution in [0.1, 0.15) is 55.7 Å². The van der Waals surface area contributed by atoms with Crippen LogP contribution in [0.3, 0.4) is 0 Å². The van der Waals surface area contributed by atoms with Crippen LogP contribution in [0.15, 0.2) is 35.3 Å². The van der Waals surface area contributed by atoms with Crippen LogP contribution in [0.4, 0.5) is 15.9 Å². The van der Waals surface area contributed by atoms with Crippen LogP contribution in [-0.2, 0) is 4.74 Å². The summed E-state index contributed by atoms with van der Waals surface area (Å²) in [5, 5.41) is 32.8. The SMILES string of the molecule is O[C@@H]1[C@H](O)[C@@H](c2nnc(C3CCCC3)o2)O[C@H]1n1cnc2c(Nc3ccc(Cl)cc3F)ncnc21. The lowest BCUT2D eigenvalue weighted by atomic mass is 10.1. The molecule has 1 aliphatic heterocycles. The Balaban J connectivity index is 1.28. The zero-order valence-corrected chi connectivity index (χ0v) is 19.0. The van der Waals surface area contributed by atoms with E-state index in [0.717, 1.165) is 25.7 Å². The number of hydrogen-bond acceptors (Lipinski definition) is 10. The largest absolute Gasteiger partial charge is 0.422 e. The molecule has 1 aliphatic carbocycles. The molecule has 0 amide bonds. The highest BCUT2D eigenvalue weighted by Gasteiger charge is 2.47. The summed E-state index contributed by atoms with van der Waals surface area (Å²) in [4.78, 5) is 12.7. The summed E-state index contributed by atoms with van der Waals surface area (Å²) in [6.07, 6.45) is 2.20. The van der Waals surface area contributed by atoms with Gasteiger partial charge in [-0.2, -0.15) is 0 Å². The number of benzene rings is 1. The van der Waals surface area contributed by atoms with E-state index in [1.807, 2.05) is 0 Å². The first-order chi connectivity index (χ1) is 17.0. The molecule has 1 saturated carbocycles. The van der Waals surface area contributed by atoms with Crippen molar-refractivity contribution in [2.75, 3.05) is 5.32 Å². The molecule has 0 unspecified atom stereocenters. The molecule has 0 spiro atoms. The first-order valence-corrected chi connectivity index (χ1v) is 11.6. The van der Waals surface area contributed by atoms with Crippen molar-refractivity contribution < 1.29 is 23.8 Å². The van der Waals surface area contributed by atoms with Crippen molar-refractivity contribution in [2.24, 2.45) is 0 Å². The second-order valence-corrected chi connectivity index (χ2v) is 9.12. The highest BCUT2D eigenvalue weighted by molar-refractivity contribution is 6.30. The Morgan fingerprint density at radius 1 is 1.06 bits per heavy atom. The molecule has 1 saturated heterocycles. The van der Waals surface area contributed by atoms with Gasteiger partial charge in [-0.3, -0.25) is 4.57 Å². The first kappa shape index (κ1) is 22.3. The van der Waals surface area contributed by atoms with E-state index in [1.165, 1.54) is 29.4 Å². The maximum Gasteiger partial charge on any atom is 0.248 e. The third-order valence-electron chi connectivity index (χ3n) is 6.46. The number of aliphatic hydroxyl groups is 2. The zero-order valence-electron chi connectivity index (χ0n) is 18.3. The van der Waals surface area contributed by atoms with Gasteiger partial charge in [0.05, 0.1) is 12.0 Å². The Labute approximate surface area is 203 Å². The van der Waals surface area contributed by atoms with E-state index >= 15 is 0 Å². The third kappa shape index (κ3) is 3.92. The topological polar surface area (TPSA) is 144 Å². The molecule has 0 bridgehead atoms. The number of aliphatic hydroxyl groups excluding tert-OH is 2. The molecule has 2 fully saturated rings. The number of hydrogen-bond donors (Lipinski definition) is 3. The van der Waals surface area contributed by atoms with Crippen molar-refractivity contribution in [3.05, 3.63) is 53.5 Å². The van der Waals surface area contributed by atoms with Crippen molar-refractivity contribution in [3.63, 3.8) is 0 Å². The maximum absolute atomic E-state index is 14.3. The molecule has 4 atom stereocenters. The van der Waals surface area contributed by atoms with Gasteiger partial charge in [-0.15, -0.1) is 10.2 Å². The van der Waals surface area contributed by atoms with Gasteiger partial charge in [-0.05, 0) is 31.0 Å². The van der Waals surface area contributed by atoms with Crippen molar-refractivity contribution in [3.8, 4) is 0 Å². The number of aromatic nitrogens is 6. The third-order valence-corrected chi connectivity index (χ3v) is 6.69. The van der Waals surface area contributed by atoms with Gasteiger partial charge in [-0.1, -0.05) is 24.4 Å². The molecule has 4 aromatic rings. The highest BCUT2D eigenvalue weighted by atomic mass is 35.5. The summed E-state index contributed by atoms with van der Waals surface area (Å²) in [7, 11) is 0. The summed E-state index contributed by atoms with van der Waals surface area (Å²) in [5.74, 6) is 0.539. The van der Waals surface area contributed by atoms with E-state index in [9.17, 15) is 14.6 Å². The Kier molecular flexibility index (Phi) is 5.60. The van der Waals surface area contributed by atoms with Gasteiger partial charge >= 0.3 is 0 Å². The minimum absolute atomic E-state index is 0.112. The zero-order chi connectivity index (χ0) is 24.1. The predicted molar refractivity (Wildman–Crippen MR) is 120 cm³/mol. The van der Waals surface area contributed by atoms with Gasteiger partial charge in [0.15, 0.2) is 29.3 Å². The first-order valence-electron chi connectivity index (χ1n) is 11.2. The van der Waals surface area contributed by atoms with Gasteiger partial charge in [-0.25, -0.2) is 19.3 Å². The normalized spacial score (nSPS) is 25.0. The van der Waals surface area contributed by atoms with Crippen molar-refractivity contribution in [2.45, 2.75) is 56.1 Å². The van der Waals surface area contributed by atoms with Crippen molar-refractivity contribution in [1.82, 2.24) is 29.7 Å². The number of imidazole rings is 1. The average Bonchev–Trinajstić information content (AvgIpc) is 3.64. The fraction of sp³-hybridized carbons (Fsp3) is 0.409. The van der Waals surface area contributed by atoms with Crippen LogP contribution < -0.4 is 5.32 Å². The second kappa shape index (κ2) is 8.79. The van der Waals surface area contributed by atoms with Gasteiger partial charge in [0.1, 0.15) is 24.4 Å². The van der Waals surface area contributed by atoms with E-state index in [4.69, 9.17) is 20.8 Å². The molecule has 1 aromatic carbocycles. The molecule has 3 N–H and O–H groups in total. The van der Waals surface area contributed by atoms with Crippen LogP contribution in [0.25, 0.3) is 11.2 Å². The molecular formula is C22H21ClFN7O4. The molecule has 13 heteroatoms. The smallest absolute Gasteiger partial charge is 0.248 e. The summed E-state index contributed by atoms with van der Waals surface area (Å²) >= 11 is 5.82. The highest BCUT2D eigenvalue weighted by Crippen LogP contribution is 2.41. The standard InChI is InChI=1S/C22H21ClFN7O4/c23-11-5-6-13(12(24)7-11)28-18-14-19(26-8-25-18)31(9-27-14)22-16(33)15(32)17(34-22)21-30-29-20(35-21)10-3-1-2-4-10/h5-10,15-17,22,32-33H,1-4H2,(H,25,26,28)/t15-,16+,17-,22+/m0/s1.